The van der Waals surface area contributed by atoms with Crippen LogP contribution in [0.15, 0.2) is 23.2 Å². The van der Waals surface area contributed by atoms with Crippen LogP contribution in [0.3, 0.4) is 0 Å². The molecule has 88 valence electrons. The van der Waals surface area contributed by atoms with Gasteiger partial charge in [-0.25, -0.2) is 18.1 Å². The van der Waals surface area contributed by atoms with Gasteiger partial charge in [0.15, 0.2) is 0 Å². The zero-order valence-corrected chi connectivity index (χ0v) is 10.8. The normalized spacial score (nSPS) is 21.2. The van der Waals surface area contributed by atoms with Gasteiger partial charge in [-0.15, -0.1) is 0 Å². The van der Waals surface area contributed by atoms with Gasteiger partial charge >= 0.3 is 0 Å². The summed E-state index contributed by atoms with van der Waals surface area (Å²) in [5.41, 5.74) is 0. The second kappa shape index (κ2) is 4.91. The van der Waals surface area contributed by atoms with E-state index in [1.54, 1.807) is 11.8 Å². The molecule has 0 aliphatic carbocycles. The number of halogens is 1. The molecule has 2 heterocycles. The second-order valence-corrected chi connectivity index (χ2v) is 6.75. The first-order chi connectivity index (χ1) is 7.58. The Labute approximate surface area is 104 Å². The van der Waals surface area contributed by atoms with E-state index in [0.717, 1.165) is 17.9 Å². The van der Waals surface area contributed by atoms with Crippen LogP contribution in [0.1, 0.15) is 6.42 Å². The van der Waals surface area contributed by atoms with Gasteiger partial charge in [-0.05, 0) is 24.3 Å². The van der Waals surface area contributed by atoms with Crippen molar-refractivity contribution in [2.75, 3.05) is 11.5 Å². The Morgan fingerprint density at radius 2 is 2.31 bits per heavy atom. The van der Waals surface area contributed by atoms with Gasteiger partial charge in [0.1, 0.15) is 10.0 Å². The van der Waals surface area contributed by atoms with E-state index in [1.165, 1.54) is 18.3 Å². The zero-order valence-electron chi connectivity index (χ0n) is 8.39. The molecule has 0 spiro atoms. The quantitative estimate of drug-likeness (QED) is 0.852. The number of sulfonamides is 1. The fourth-order valence-corrected chi connectivity index (χ4v) is 4.02. The largest absolute Gasteiger partial charge is 0.243 e. The number of thioether (sulfide) groups is 1. The number of hydrogen-bond acceptors (Lipinski definition) is 4. The van der Waals surface area contributed by atoms with Gasteiger partial charge in [0.05, 0.1) is 0 Å². The molecule has 1 saturated heterocycles. The van der Waals surface area contributed by atoms with Crippen molar-refractivity contribution in [1.29, 1.82) is 0 Å². The molecular formula is C9H11ClN2O2S2. The summed E-state index contributed by atoms with van der Waals surface area (Å²) in [5, 5.41) is 0.287. The Morgan fingerprint density at radius 3 is 2.88 bits per heavy atom. The van der Waals surface area contributed by atoms with Crippen molar-refractivity contribution < 1.29 is 8.42 Å². The third kappa shape index (κ3) is 2.88. The predicted molar refractivity (Wildman–Crippen MR) is 65.3 cm³/mol. The third-order valence-electron chi connectivity index (χ3n) is 2.26. The third-order valence-corrected chi connectivity index (χ3v) is 5.15. The number of nitrogens with zero attached hydrogens (tertiary/aromatic N) is 1. The lowest BCUT2D eigenvalue weighted by atomic mass is 10.3. The molecule has 1 aromatic rings. The average molecular weight is 279 g/mol. The highest BCUT2D eigenvalue weighted by molar-refractivity contribution is 7.99. The Bertz CT molecular complexity index is 455. The van der Waals surface area contributed by atoms with Gasteiger partial charge < -0.3 is 0 Å². The minimum Gasteiger partial charge on any atom is -0.243 e. The van der Waals surface area contributed by atoms with Crippen molar-refractivity contribution in [2.45, 2.75) is 17.4 Å². The van der Waals surface area contributed by atoms with E-state index >= 15 is 0 Å². The Balaban J connectivity index is 2.14. The number of aromatic nitrogens is 1. The summed E-state index contributed by atoms with van der Waals surface area (Å²) in [6.45, 7) is 0. The molecule has 1 unspecified atom stereocenters. The summed E-state index contributed by atoms with van der Waals surface area (Å²) in [6, 6.07) is 2.96. The van der Waals surface area contributed by atoms with E-state index < -0.39 is 10.0 Å². The van der Waals surface area contributed by atoms with E-state index in [2.05, 4.69) is 9.71 Å². The topological polar surface area (TPSA) is 59.1 Å². The van der Waals surface area contributed by atoms with Gasteiger partial charge in [-0.3, -0.25) is 0 Å². The summed E-state index contributed by atoms with van der Waals surface area (Å²) < 4.78 is 26.5. The highest BCUT2D eigenvalue weighted by Crippen LogP contribution is 2.19. The molecule has 1 aliphatic rings. The first kappa shape index (κ1) is 12.2. The van der Waals surface area contributed by atoms with Crippen LogP contribution in [-0.2, 0) is 10.0 Å². The van der Waals surface area contributed by atoms with Crippen LogP contribution >= 0.6 is 23.4 Å². The summed E-state index contributed by atoms with van der Waals surface area (Å²) in [6.07, 6.45) is 2.15. The van der Waals surface area contributed by atoms with Crippen molar-refractivity contribution in [2.24, 2.45) is 0 Å². The van der Waals surface area contributed by atoms with Crippen LogP contribution in [-0.4, -0.2) is 30.9 Å². The molecule has 0 aromatic carbocycles. The minimum absolute atomic E-state index is 0.0330. The monoisotopic (exact) mass is 278 g/mol. The molecule has 1 atom stereocenters. The molecular weight excluding hydrogens is 268 g/mol. The fourth-order valence-electron chi connectivity index (χ4n) is 1.44. The van der Waals surface area contributed by atoms with Crippen molar-refractivity contribution in [3.8, 4) is 0 Å². The maximum atomic E-state index is 11.9. The molecule has 0 saturated carbocycles. The lowest BCUT2D eigenvalue weighted by molar-refractivity contribution is 0.563. The smallest absolute Gasteiger partial charge is 0.242 e. The van der Waals surface area contributed by atoms with Crippen molar-refractivity contribution >= 4 is 33.4 Å². The second-order valence-electron chi connectivity index (χ2n) is 3.50. The van der Waals surface area contributed by atoms with Crippen LogP contribution in [0, 0.1) is 0 Å². The molecule has 0 amide bonds. The number of rotatable bonds is 3. The predicted octanol–water partition coefficient (Wildman–Crippen LogP) is 1.52. The number of pyridine rings is 1. The molecule has 16 heavy (non-hydrogen) atoms. The number of hydrogen-bond donors (Lipinski definition) is 1. The van der Waals surface area contributed by atoms with Crippen LogP contribution < -0.4 is 4.72 Å². The highest BCUT2D eigenvalue weighted by Gasteiger charge is 2.23. The SMILES string of the molecule is O=S(=O)(NC1CCSC1)c1ccc(Cl)nc1. The standard InChI is InChI=1S/C9H11ClN2O2S2/c10-9-2-1-8(5-11-9)16(13,14)12-7-3-4-15-6-7/h1-2,5,7,12H,3-4,6H2. The van der Waals surface area contributed by atoms with Gasteiger partial charge in [0, 0.05) is 18.0 Å². The van der Waals surface area contributed by atoms with Gasteiger partial charge in [0.25, 0.3) is 0 Å². The Kier molecular flexibility index (Phi) is 3.73. The van der Waals surface area contributed by atoms with E-state index in [1.807, 2.05) is 0 Å². The van der Waals surface area contributed by atoms with E-state index in [0.29, 0.717) is 0 Å². The van der Waals surface area contributed by atoms with E-state index in [9.17, 15) is 8.42 Å². The lowest BCUT2D eigenvalue weighted by Crippen LogP contribution is -2.34. The first-order valence-electron chi connectivity index (χ1n) is 4.79. The van der Waals surface area contributed by atoms with Crippen LogP contribution in [0.25, 0.3) is 0 Å². The molecule has 0 bridgehead atoms. The Morgan fingerprint density at radius 1 is 1.50 bits per heavy atom. The van der Waals surface area contributed by atoms with E-state index in [-0.39, 0.29) is 16.1 Å². The van der Waals surface area contributed by atoms with Crippen molar-refractivity contribution in [1.82, 2.24) is 9.71 Å². The minimum atomic E-state index is -3.44. The maximum Gasteiger partial charge on any atom is 0.242 e. The summed E-state index contributed by atoms with van der Waals surface area (Å²) in [5.74, 6) is 1.84. The first-order valence-corrected chi connectivity index (χ1v) is 7.81. The average Bonchev–Trinajstić information content (AvgIpc) is 2.70. The molecule has 1 N–H and O–H groups in total. The molecule has 0 radical (unpaired) electrons. The summed E-state index contributed by atoms with van der Waals surface area (Å²) in [7, 11) is -3.44. The molecule has 2 rings (SSSR count). The summed E-state index contributed by atoms with van der Waals surface area (Å²) in [4.78, 5) is 3.92. The lowest BCUT2D eigenvalue weighted by Gasteiger charge is -2.11. The van der Waals surface area contributed by atoms with Crippen LogP contribution in [0.2, 0.25) is 5.15 Å². The molecule has 4 nitrogen and oxygen atoms in total. The molecule has 1 aromatic heterocycles. The van der Waals surface area contributed by atoms with Crippen molar-refractivity contribution in [3.05, 3.63) is 23.5 Å². The van der Waals surface area contributed by atoms with Crippen LogP contribution in [0.5, 0.6) is 0 Å². The molecule has 1 fully saturated rings. The van der Waals surface area contributed by atoms with Gasteiger partial charge in [-0.2, -0.15) is 11.8 Å². The molecule has 1 aliphatic heterocycles. The maximum absolute atomic E-state index is 11.9. The highest BCUT2D eigenvalue weighted by atomic mass is 35.5. The zero-order chi connectivity index (χ0) is 11.6. The van der Waals surface area contributed by atoms with Crippen molar-refractivity contribution in [3.63, 3.8) is 0 Å². The van der Waals surface area contributed by atoms with Gasteiger partial charge in [-0.1, -0.05) is 11.6 Å². The van der Waals surface area contributed by atoms with E-state index in [4.69, 9.17) is 11.6 Å². The fraction of sp³-hybridized carbons (Fsp3) is 0.444. The number of nitrogens with one attached hydrogen (secondary N) is 1. The Hall–Kier alpha value is -0.300. The summed E-state index contributed by atoms with van der Waals surface area (Å²) >= 11 is 7.36. The van der Waals surface area contributed by atoms with Gasteiger partial charge in [0.2, 0.25) is 10.0 Å². The van der Waals surface area contributed by atoms with Crippen LogP contribution in [0.4, 0.5) is 0 Å². The molecule has 7 heteroatoms.